The Balaban J connectivity index is 1.50. The lowest BCUT2D eigenvalue weighted by Gasteiger charge is -2.34. The van der Waals surface area contributed by atoms with E-state index in [-0.39, 0.29) is 17.6 Å². The molecule has 0 bridgehead atoms. The Hall–Kier alpha value is -3.74. The Labute approximate surface area is 181 Å². The number of amides is 2. The number of aromatic nitrogens is 2. The van der Waals surface area contributed by atoms with Crippen molar-refractivity contribution in [3.63, 3.8) is 0 Å². The minimum Gasteiger partial charge on any atom is -0.508 e. The van der Waals surface area contributed by atoms with Crippen molar-refractivity contribution in [3.8, 4) is 28.3 Å². The summed E-state index contributed by atoms with van der Waals surface area (Å²) >= 11 is 0. The van der Waals surface area contributed by atoms with E-state index in [9.17, 15) is 14.7 Å². The minimum atomic E-state index is -0.0299. The molecule has 4 rings (SSSR count). The van der Waals surface area contributed by atoms with Crippen LogP contribution < -0.4 is 0 Å². The Morgan fingerprint density at radius 2 is 1.42 bits per heavy atom. The lowest BCUT2D eigenvalue weighted by atomic mass is 10.0. The molecular weight excluding hydrogens is 392 g/mol. The number of phenolic OH excluding ortho intramolecular Hbond substituents is 1. The largest absolute Gasteiger partial charge is 0.508 e. The van der Waals surface area contributed by atoms with Crippen LogP contribution in [-0.4, -0.2) is 62.9 Å². The van der Waals surface area contributed by atoms with Gasteiger partial charge in [0.15, 0.2) is 0 Å². The van der Waals surface area contributed by atoms with Gasteiger partial charge in [0.2, 0.25) is 5.91 Å². The van der Waals surface area contributed by atoms with Crippen molar-refractivity contribution in [1.82, 2.24) is 19.8 Å². The van der Waals surface area contributed by atoms with Crippen molar-refractivity contribution in [2.45, 2.75) is 13.8 Å². The van der Waals surface area contributed by atoms with Gasteiger partial charge in [-0.05, 0) is 48.9 Å². The van der Waals surface area contributed by atoms with Gasteiger partial charge < -0.3 is 14.9 Å². The standard InChI is InChI=1S/C24H24N4O3/c1-16-13-20(7-8-23(16)30)22-14-21(25-15-26-22)18-3-5-19(6-4-18)24(31)28-11-9-27(10-12-28)17(2)29/h3-8,13-15,30H,9-12H2,1-2H3. The number of hydrogen-bond acceptors (Lipinski definition) is 5. The van der Waals surface area contributed by atoms with Crippen molar-refractivity contribution in [2.75, 3.05) is 26.2 Å². The molecule has 1 aliphatic heterocycles. The second-order valence-corrected chi connectivity index (χ2v) is 7.67. The third kappa shape index (κ3) is 4.40. The summed E-state index contributed by atoms with van der Waals surface area (Å²) in [5.41, 5.74) is 4.70. The van der Waals surface area contributed by atoms with Gasteiger partial charge in [0.25, 0.3) is 5.91 Å². The average Bonchev–Trinajstić information content (AvgIpc) is 2.80. The zero-order valence-electron chi connectivity index (χ0n) is 17.6. The number of piperazine rings is 1. The number of rotatable bonds is 3. The molecule has 1 N–H and O–H groups in total. The first-order valence-corrected chi connectivity index (χ1v) is 10.2. The fourth-order valence-electron chi connectivity index (χ4n) is 3.68. The summed E-state index contributed by atoms with van der Waals surface area (Å²) < 4.78 is 0. The van der Waals surface area contributed by atoms with Crippen LogP contribution in [0.15, 0.2) is 54.9 Å². The van der Waals surface area contributed by atoms with Crippen molar-refractivity contribution in [1.29, 1.82) is 0 Å². The maximum Gasteiger partial charge on any atom is 0.253 e. The number of carbonyl (C=O) groups is 2. The molecule has 0 saturated carbocycles. The molecule has 0 aliphatic carbocycles. The molecule has 1 fully saturated rings. The van der Waals surface area contributed by atoms with Crippen LogP contribution in [-0.2, 0) is 4.79 Å². The van der Waals surface area contributed by atoms with Crippen molar-refractivity contribution in [2.24, 2.45) is 0 Å². The number of benzene rings is 2. The Kier molecular flexibility index (Phi) is 5.66. The first-order chi connectivity index (χ1) is 14.9. The molecule has 31 heavy (non-hydrogen) atoms. The SMILES string of the molecule is CC(=O)N1CCN(C(=O)c2ccc(-c3cc(-c4ccc(O)c(C)c4)ncn3)cc2)CC1. The summed E-state index contributed by atoms with van der Waals surface area (Å²) in [7, 11) is 0. The molecule has 0 radical (unpaired) electrons. The summed E-state index contributed by atoms with van der Waals surface area (Å²) in [6.07, 6.45) is 1.51. The van der Waals surface area contributed by atoms with Gasteiger partial charge in [-0.25, -0.2) is 9.97 Å². The molecule has 0 atom stereocenters. The molecule has 0 unspecified atom stereocenters. The highest BCUT2D eigenvalue weighted by Crippen LogP contribution is 2.26. The van der Waals surface area contributed by atoms with Gasteiger partial charge in [0.1, 0.15) is 12.1 Å². The summed E-state index contributed by atoms with van der Waals surface area (Å²) in [4.78, 5) is 36.5. The van der Waals surface area contributed by atoms with Gasteiger partial charge in [-0.1, -0.05) is 12.1 Å². The van der Waals surface area contributed by atoms with Gasteiger partial charge in [0.05, 0.1) is 11.4 Å². The van der Waals surface area contributed by atoms with Crippen LogP contribution in [0.1, 0.15) is 22.8 Å². The lowest BCUT2D eigenvalue weighted by Crippen LogP contribution is -2.50. The normalized spacial score (nSPS) is 13.9. The van der Waals surface area contributed by atoms with Gasteiger partial charge >= 0.3 is 0 Å². The van der Waals surface area contributed by atoms with E-state index in [1.165, 1.54) is 6.33 Å². The van der Waals surface area contributed by atoms with E-state index in [2.05, 4.69) is 9.97 Å². The zero-order chi connectivity index (χ0) is 22.0. The third-order valence-corrected chi connectivity index (χ3v) is 5.60. The summed E-state index contributed by atoms with van der Waals surface area (Å²) in [6.45, 7) is 5.62. The molecule has 0 spiro atoms. The van der Waals surface area contributed by atoms with E-state index in [0.717, 1.165) is 28.1 Å². The summed E-state index contributed by atoms with van der Waals surface area (Å²) in [5.74, 6) is 0.266. The summed E-state index contributed by atoms with van der Waals surface area (Å²) in [6, 6.07) is 14.6. The molecule has 7 heteroatoms. The van der Waals surface area contributed by atoms with Crippen LogP contribution in [0.2, 0.25) is 0 Å². The van der Waals surface area contributed by atoms with Crippen LogP contribution in [0.25, 0.3) is 22.5 Å². The molecular formula is C24H24N4O3. The Bertz CT molecular complexity index is 1120. The smallest absolute Gasteiger partial charge is 0.253 e. The molecule has 1 aliphatic rings. The number of aromatic hydroxyl groups is 1. The first-order valence-electron chi connectivity index (χ1n) is 10.2. The monoisotopic (exact) mass is 416 g/mol. The number of phenols is 1. The van der Waals surface area contributed by atoms with Crippen LogP contribution in [0.5, 0.6) is 5.75 Å². The van der Waals surface area contributed by atoms with Crippen LogP contribution in [0, 0.1) is 6.92 Å². The van der Waals surface area contributed by atoms with Gasteiger partial charge in [-0.2, -0.15) is 0 Å². The maximum absolute atomic E-state index is 12.8. The molecule has 1 aromatic heterocycles. The van der Waals surface area contributed by atoms with Gasteiger partial charge in [-0.15, -0.1) is 0 Å². The van der Waals surface area contributed by atoms with Crippen molar-refractivity contribution < 1.29 is 14.7 Å². The van der Waals surface area contributed by atoms with E-state index in [0.29, 0.717) is 31.7 Å². The van der Waals surface area contributed by atoms with Crippen molar-refractivity contribution >= 4 is 11.8 Å². The highest BCUT2D eigenvalue weighted by molar-refractivity contribution is 5.95. The fraction of sp³-hybridized carbons (Fsp3) is 0.250. The lowest BCUT2D eigenvalue weighted by molar-refractivity contribution is -0.130. The third-order valence-electron chi connectivity index (χ3n) is 5.60. The van der Waals surface area contributed by atoms with Crippen LogP contribution in [0.3, 0.4) is 0 Å². The molecule has 2 amide bonds. The maximum atomic E-state index is 12.8. The number of aryl methyl sites for hydroxylation is 1. The Morgan fingerprint density at radius 3 is 2.03 bits per heavy atom. The molecule has 2 aromatic carbocycles. The molecule has 2 heterocycles. The number of hydrogen-bond donors (Lipinski definition) is 1. The van der Waals surface area contributed by atoms with Gasteiger partial charge in [-0.3, -0.25) is 9.59 Å². The van der Waals surface area contributed by atoms with E-state index in [4.69, 9.17) is 0 Å². The highest BCUT2D eigenvalue weighted by Gasteiger charge is 2.23. The van der Waals surface area contributed by atoms with E-state index < -0.39 is 0 Å². The second-order valence-electron chi connectivity index (χ2n) is 7.67. The predicted molar refractivity (Wildman–Crippen MR) is 117 cm³/mol. The average molecular weight is 416 g/mol. The first kappa shape index (κ1) is 20.5. The quantitative estimate of drug-likeness (QED) is 0.709. The zero-order valence-corrected chi connectivity index (χ0v) is 17.6. The number of carbonyl (C=O) groups excluding carboxylic acids is 2. The minimum absolute atomic E-state index is 0.0299. The molecule has 7 nitrogen and oxygen atoms in total. The summed E-state index contributed by atoms with van der Waals surface area (Å²) in [5, 5.41) is 9.74. The highest BCUT2D eigenvalue weighted by atomic mass is 16.3. The van der Waals surface area contributed by atoms with E-state index >= 15 is 0 Å². The molecule has 158 valence electrons. The van der Waals surface area contributed by atoms with Crippen molar-refractivity contribution in [3.05, 3.63) is 66.0 Å². The van der Waals surface area contributed by atoms with Crippen LogP contribution >= 0.6 is 0 Å². The van der Waals surface area contributed by atoms with Gasteiger partial charge in [0, 0.05) is 49.8 Å². The van der Waals surface area contributed by atoms with Crippen LogP contribution in [0.4, 0.5) is 0 Å². The Morgan fingerprint density at radius 1 is 0.839 bits per heavy atom. The molecule has 1 saturated heterocycles. The second kappa shape index (κ2) is 8.55. The number of nitrogens with zero attached hydrogens (tertiary/aromatic N) is 4. The topological polar surface area (TPSA) is 86.6 Å². The van der Waals surface area contributed by atoms with E-state index in [1.807, 2.05) is 49.4 Å². The molecule has 3 aromatic rings. The predicted octanol–water partition coefficient (Wildman–Crippen LogP) is 3.13. The fourth-order valence-corrected chi connectivity index (χ4v) is 3.68. The van der Waals surface area contributed by atoms with E-state index in [1.54, 1.807) is 22.8 Å².